The summed E-state index contributed by atoms with van der Waals surface area (Å²) in [6.07, 6.45) is -0.198. The van der Waals surface area contributed by atoms with Crippen molar-refractivity contribution >= 4 is 58.2 Å². The normalized spacial score (nSPS) is 14.8. The van der Waals surface area contributed by atoms with Crippen molar-refractivity contribution in [3.63, 3.8) is 0 Å². The van der Waals surface area contributed by atoms with Crippen LogP contribution in [0.3, 0.4) is 0 Å². The summed E-state index contributed by atoms with van der Waals surface area (Å²) in [4.78, 5) is 45.2. The van der Waals surface area contributed by atoms with Crippen LogP contribution >= 0.6 is 23.2 Å². The number of aromatic amines is 1. The number of fused-ring (bicyclic) bond motifs is 1. The fourth-order valence-electron chi connectivity index (χ4n) is 3.44. The molecule has 1 unspecified atom stereocenters. The van der Waals surface area contributed by atoms with Crippen molar-refractivity contribution in [2.24, 2.45) is 0 Å². The highest BCUT2D eigenvalue weighted by atomic mass is 35.5. The molecule has 0 fully saturated rings. The van der Waals surface area contributed by atoms with E-state index in [9.17, 15) is 14.4 Å². The highest BCUT2D eigenvalue weighted by Crippen LogP contribution is 2.33. The third kappa shape index (κ3) is 4.94. The lowest BCUT2D eigenvalue weighted by Gasteiger charge is -2.24. The number of H-pyrrole nitrogens is 1. The van der Waals surface area contributed by atoms with E-state index in [0.717, 1.165) is 0 Å². The minimum atomic E-state index is -1.03. The van der Waals surface area contributed by atoms with Crippen molar-refractivity contribution in [1.82, 2.24) is 9.97 Å². The number of para-hydroxylation sites is 2. The Morgan fingerprint density at radius 2 is 1.97 bits per heavy atom. The number of aromatic nitrogens is 2. The molecule has 0 aliphatic carbocycles. The van der Waals surface area contributed by atoms with E-state index in [1.54, 1.807) is 36.4 Å². The summed E-state index contributed by atoms with van der Waals surface area (Å²) in [5.74, 6) is -1.46. The van der Waals surface area contributed by atoms with Crippen LogP contribution in [0, 0.1) is 0 Å². The first-order chi connectivity index (χ1) is 15.9. The summed E-state index contributed by atoms with van der Waals surface area (Å²) in [7, 11) is 0. The van der Waals surface area contributed by atoms with Gasteiger partial charge in [-0.15, -0.1) is 0 Å². The first-order valence-electron chi connectivity index (χ1n) is 10.0. The van der Waals surface area contributed by atoms with Crippen molar-refractivity contribution < 1.29 is 14.3 Å². The largest absolute Gasteiger partial charge is 0.492 e. The number of amides is 2. The lowest BCUT2D eigenvalue weighted by atomic mass is 9.92. The summed E-state index contributed by atoms with van der Waals surface area (Å²) in [6.45, 7) is 2.24. The van der Waals surface area contributed by atoms with Gasteiger partial charge in [0.1, 0.15) is 11.6 Å². The molecule has 33 heavy (non-hydrogen) atoms. The van der Waals surface area contributed by atoms with E-state index >= 15 is 0 Å². The lowest BCUT2D eigenvalue weighted by Crippen LogP contribution is -2.36. The Balaban J connectivity index is 1.64. The second kappa shape index (κ2) is 9.51. The number of halogens is 2. The topological polar surface area (TPSA) is 125 Å². The van der Waals surface area contributed by atoms with Crippen LogP contribution in [0.15, 0.2) is 47.3 Å². The molecule has 3 aromatic rings. The number of benzene rings is 2. The average Bonchev–Trinajstić information content (AvgIpc) is 2.76. The molecule has 1 atom stereocenters. The van der Waals surface area contributed by atoms with Gasteiger partial charge < -0.3 is 20.7 Å². The van der Waals surface area contributed by atoms with Gasteiger partial charge in [-0.05, 0) is 37.3 Å². The van der Waals surface area contributed by atoms with Crippen molar-refractivity contribution in [1.29, 1.82) is 0 Å². The van der Waals surface area contributed by atoms with E-state index < -0.39 is 23.3 Å². The first kappa shape index (κ1) is 22.6. The molecule has 9 nitrogen and oxygen atoms in total. The van der Waals surface area contributed by atoms with Crippen LogP contribution in [0.1, 0.15) is 24.8 Å². The molecule has 4 N–H and O–H groups in total. The average molecular weight is 488 g/mol. The Hall–Kier alpha value is -3.56. The molecule has 0 saturated carbocycles. The fourth-order valence-corrected chi connectivity index (χ4v) is 3.90. The minimum absolute atomic E-state index is 0.000768. The fraction of sp³-hybridized carbons (Fsp3) is 0.182. The van der Waals surface area contributed by atoms with Crippen LogP contribution in [0.2, 0.25) is 10.0 Å². The quantitative estimate of drug-likeness (QED) is 0.411. The molecule has 2 heterocycles. The zero-order valence-corrected chi connectivity index (χ0v) is 18.9. The van der Waals surface area contributed by atoms with E-state index in [-0.39, 0.29) is 23.8 Å². The van der Waals surface area contributed by atoms with Gasteiger partial charge in [0.2, 0.25) is 17.8 Å². The summed E-state index contributed by atoms with van der Waals surface area (Å²) in [5.41, 5.74) is 0.393. The van der Waals surface area contributed by atoms with Gasteiger partial charge in [0, 0.05) is 11.4 Å². The highest BCUT2D eigenvalue weighted by Gasteiger charge is 2.35. The summed E-state index contributed by atoms with van der Waals surface area (Å²) >= 11 is 12.1. The van der Waals surface area contributed by atoms with Crippen LogP contribution in [0.4, 0.5) is 23.1 Å². The maximum Gasteiger partial charge on any atom is 0.258 e. The number of nitrogens with one attached hydrogen (secondary N) is 4. The van der Waals surface area contributed by atoms with Gasteiger partial charge in [0.15, 0.2) is 0 Å². The SMILES string of the molecule is CCOc1ccccc1NC(=O)C1CC(=O)Nc2nc(Nc3ccc(Cl)cc3Cl)[nH]c(=O)c21. The van der Waals surface area contributed by atoms with E-state index in [4.69, 9.17) is 27.9 Å². The molecule has 0 radical (unpaired) electrons. The van der Waals surface area contributed by atoms with Gasteiger partial charge in [-0.25, -0.2) is 0 Å². The maximum absolute atomic E-state index is 13.1. The van der Waals surface area contributed by atoms with Gasteiger partial charge in [-0.2, -0.15) is 4.98 Å². The van der Waals surface area contributed by atoms with Gasteiger partial charge in [-0.3, -0.25) is 19.4 Å². The Morgan fingerprint density at radius 3 is 2.73 bits per heavy atom. The van der Waals surface area contributed by atoms with Crippen LogP contribution in [-0.4, -0.2) is 28.4 Å². The molecule has 0 bridgehead atoms. The number of nitrogens with zero attached hydrogens (tertiary/aromatic N) is 1. The predicted molar refractivity (Wildman–Crippen MR) is 127 cm³/mol. The zero-order chi connectivity index (χ0) is 23.5. The predicted octanol–water partition coefficient (Wildman–Crippen LogP) is 4.28. The number of anilines is 4. The third-order valence-electron chi connectivity index (χ3n) is 4.90. The molecule has 1 aromatic heterocycles. The van der Waals surface area contributed by atoms with Crippen LogP contribution < -0.4 is 26.2 Å². The first-order valence-corrected chi connectivity index (χ1v) is 10.8. The van der Waals surface area contributed by atoms with Crippen LogP contribution in [0.25, 0.3) is 0 Å². The van der Waals surface area contributed by atoms with Crippen LogP contribution in [0.5, 0.6) is 5.75 Å². The molecule has 1 aliphatic heterocycles. The molecule has 11 heteroatoms. The van der Waals surface area contributed by atoms with Crippen molar-refractivity contribution in [2.75, 3.05) is 22.6 Å². The van der Waals surface area contributed by atoms with Crippen molar-refractivity contribution in [3.05, 3.63) is 68.4 Å². The molecule has 0 saturated heterocycles. The van der Waals surface area contributed by atoms with Crippen LogP contribution in [-0.2, 0) is 9.59 Å². The molecule has 0 spiro atoms. The monoisotopic (exact) mass is 487 g/mol. The number of ether oxygens (including phenoxy) is 1. The molecule has 4 rings (SSSR count). The van der Waals surface area contributed by atoms with Gasteiger partial charge >= 0.3 is 0 Å². The number of rotatable bonds is 6. The zero-order valence-electron chi connectivity index (χ0n) is 17.4. The molecular formula is C22H19Cl2N5O4. The van der Waals surface area contributed by atoms with E-state index in [1.807, 2.05) is 6.92 Å². The van der Waals surface area contributed by atoms with Crippen molar-refractivity contribution in [3.8, 4) is 5.75 Å². The number of hydrogen-bond donors (Lipinski definition) is 4. The van der Waals surface area contributed by atoms with E-state index in [0.29, 0.717) is 33.8 Å². The number of carbonyl (C=O) groups is 2. The van der Waals surface area contributed by atoms with E-state index in [1.165, 1.54) is 6.07 Å². The molecule has 2 aromatic carbocycles. The molecule has 2 amide bonds. The number of carbonyl (C=O) groups excluding carboxylic acids is 2. The Morgan fingerprint density at radius 1 is 1.18 bits per heavy atom. The summed E-state index contributed by atoms with van der Waals surface area (Å²) in [6, 6.07) is 11.7. The maximum atomic E-state index is 13.1. The summed E-state index contributed by atoms with van der Waals surface area (Å²) < 4.78 is 5.53. The number of hydrogen-bond acceptors (Lipinski definition) is 6. The standard InChI is InChI=1S/C22H19Cl2N5O4/c1-2-33-16-6-4-3-5-15(16)25-20(31)12-10-17(30)27-19-18(12)21(32)29-22(28-19)26-14-8-7-11(23)9-13(14)24/h3-9,12H,2,10H2,1H3,(H,25,31)(H3,26,27,28,29,30,32). The molecule has 170 valence electrons. The second-order valence-electron chi connectivity index (χ2n) is 7.15. The Bertz CT molecular complexity index is 1290. The Kier molecular flexibility index (Phi) is 6.52. The van der Waals surface area contributed by atoms with Gasteiger partial charge in [0.05, 0.1) is 34.5 Å². The molecule has 1 aliphatic rings. The third-order valence-corrected chi connectivity index (χ3v) is 5.44. The van der Waals surface area contributed by atoms with Gasteiger partial charge in [0.25, 0.3) is 5.56 Å². The smallest absolute Gasteiger partial charge is 0.258 e. The molecular weight excluding hydrogens is 469 g/mol. The van der Waals surface area contributed by atoms with Gasteiger partial charge in [-0.1, -0.05) is 35.3 Å². The lowest BCUT2D eigenvalue weighted by molar-refractivity contribution is -0.123. The highest BCUT2D eigenvalue weighted by molar-refractivity contribution is 6.36. The van der Waals surface area contributed by atoms with E-state index in [2.05, 4.69) is 25.9 Å². The Labute approximate surface area is 198 Å². The minimum Gasteiger partial charge on any atom is -0.492 e. The summed E-state index contributed by atoms with van der Waals surface area (Å²) in [5, 5.41) is 8.96. The second-order valence-corrected chi connectivity index (χ2v) is 7.99. The van der Waals surface area contributed by atoms with Crippen molar-refractivity contribution in [2.45, 2.75) is 19.3 Å².